The van der Waals surface area contributed by atoms with Gasteiger partial charge < -0.3 is 19.7 Å². The van der Waals surface area contributed by atoms with Crippen molar-refractivity contribution in [3.63, 3.8) is 0 Å². The monoisotopic (exact) mass is 295 g/mol. The van der Waals surface area contributed by atoms with Gasteiger partial charge in [0.15, 0.2) is 0 Å². The van der Waals surface area contributed by atoms with E-state index in [1.54, 1.807) is 12.1 Å². The van der Waals surface area contributed by atoms with Gasteiger partial charge in [-0.05, 0) is 19.2 Å². The Kier molecular flexibility index (Phi) is 5.91. The molecule has 1 unspecified atom stereocenters. The maximum Gasteiger partial charge on any atom is 0.269 e. The third kappa shape index (κ3) is 5.30. The summed E-state index contributed by atoms with van der Waals surface area (Å²) in [6.07, 6.45) is 0.225. The first-order chi connectivity index (χ1) is 10.1. The van der Waals surface area contributed by atoms with Gasteiger partial charge >= 0.3 is 0 Å². The summed E-state index contributed by atoms with van der Waals surface area (Å²) in [6, 6.07) is 6.09. The summed E-state index contributed by atoms with van der Waals surface area (Å²) in [5.41, 5.74) is 0.0686. The zero-order chi connectivity index (χ0) is 15.1. The molecule has 0 bridgehead atoms. The van der Waals surface area contributed by atoms with Crippen LogP contribution in [-0.2, 0) is 4.74 Å². The van der Waals surface area contributed by atoms with Gasteiger partial charge in [0.2, 0.25) is 0 Å². The molecular formula is C14H21N3O4. The lowest BCUT2D eigenvalue weighted by Crippen LogP contribution is -2.45. The summed E-state index contributed by atoms with van der Waals surface area (Å²) in [7, 11) is 2.09. The highest BCUT2D eigenvalue weighted by molar-refractivity contribution is 5.35. The number of nitro groups is 1. The number of non-ortho nitro benzene ring substituents is 1. The number of nitro benzene ring substituents is 1. The molecule has 1 aliphatic rings. The highest BCUT2D eigenvalue weighted by Gasteiger charge is 2.16. The van der Waals surface area contributed by atoms with Crippen molar-refractivity contribution in [2.45, 2.75) is 6.10 Å². The lowest BCUT2D eigenvalue weighted by atomic mass is 10.3. The maximum atomic E-state index is 10.5. The largest absolute Gasteiger partial charge is 0.492 e. The van der Waals surface area contributed by atoms with Gasteiger partial charge in [-0.3, -0.25) is 10.1 Å². The third-order valence-electron chi connectivity index (χ3n) is 3.31. The second kappa shape index (κ2) is 7.92. The quantitative estimate of drug-likeness (QED) is 0.457. The normalized spacial score (nSPS) is 19.4. The van der Waals surface area contributed by atoms with Crippen LogP contribution in [-0.4, -0.2) is 62.4 Å². The van der Waals surface area contributed by atoms with E-state index in [0.717, 1.165) is 26.2 Å². The highest BCUT2D eigenvalue weighted by Crippen LogP contribution is 2.16. The van der Waals surface area contributed by atoms with Crippen LogP contribution >= 0.6 is 0 Å². The van der Waals surface area contributed by atoms with Gasteiger partial charge in [-0.25, -0.2) is 0 Å². The first kappa shape index (κ1) is 15.7. The number of likely N-dealkylation sites (N-methyl/N-ethyl adjacent to an activating group) is 1. The van der Waals surface area contributed by atoms with Crippen molar-refractivity contribution in [1.82, 2.24) is 10.2 Å². The predicted octanol–water partition coefficient (Wildman–Crippen LogP) is 0.894. The molecule has 1 heterocycles. The van der Waals surface area contributed by atoms with E-state index in [9.17, 15) is 10.1 Å². The van der Waals surface area contributed by atoms with Crippen LogP contribution in [0.4, 0.5) is 5.69 Å². The van der Waals surface area contributed by atoms with E-state index >= 15 is 0 Å². The maximum absolute atomic E-state index is 10.5. The van der Waals surface area contributed by atoms with E-state index in [1.165, 1.54) is 12.1 Å². The van der Waals surface area contributed by atoms with E-state index in [-0.39, 0.29) is 11.8 Å². The molecule has 0 aromatic heterocycles. The van der Waals surface area contributed by atoms with E-state index < -0.39 is 4.92 Å². The number of nitrogens with zero attached hydrogens (tertiary/aromatic N) is 2. The summed E-state index contributed by atoms with van der Waals surface area (Å²) >= 11 is 0. The molecule has 21 heavy (non-hydrogen) atoms. The number of rotatable bonds is 7. The lowest BCUT2D eigenvalue weighted by Gasteiger charge is -2.30. The van der Waals surface area contributed by atoms with Crippen LogP contribution in [0.5, 0.6) is 5.75 Å². The molecule has 7 nitrogen and oxygen atoms in total. The first-order valence-electron chi connectivity index (χ1n) is 7.03. The molecule has 7 heteroatoms. The Bertz CT molecular complexity index is 452. The zero-order valence-electron chi connectivity index (χ0n) is 12.2. The van der Waals surface area contributed by atoms with Gasteiger partial charge in [0.25, 0.3) is 5.69 Å². The van der Waals surface area contributed by atoms with Crippen molar-refractivity contribution in [2.75, 3.05) is 46.4 Å². The number of hydrogen-bond acceptors (Lipinski definition) is 6. The second-order valence-electron chi connectivity index (χ2n) is 5.06. The van der Waals surface area contributed by atoms with Crippen LogP contribution in [0, 0.1) is 10.1 Å². The predicted molar refractivity (Wildman–Crippen MR) is 78.7 cm³/mol. The number of nitrogens with one attached hydrogen (secondary N) is 1. The fraction of sp³-hybridized carbons (Fsp3) is 0.571. The Morgan fingerprint density at radius 1 is 1.48 bits per heavy atom. The SMILES string of the molecule is CN1CCOC(CNCCOc2ccc([N+](=O)[O-])cc2)C1. The minimum absolute atomic E-state index is 0.0686. The fourth-order valence-corrected chi connectivity index (χ4v) is 2.16. The molecule has 116 valence electrons. The summed E-state index contributed by atoms with van der Waals surface area (Å²) in [5, 5.41) is 13.8. The molecule has 2 rings (SSSR count). The Balaban J connectivity index is 1.60. The summed E-state index contributed by atoms with van der Waals surface area (Å²) in [5.74, 6) is 0.635. The van der Waals surface area contributed by atoms with Gasteiger partial charge in [0.05, 0.1) is 17.6 Å². The Labute approximate surface area is 124 Å². The average Bonchev–Trinajstić information content (AvgIpc) is 2.47. The number of morpholine rings is 1. The third-order valence-corrected chi connectivity index (χ3v) is 3.31. The smallest absolute Gasteiger partial charge is 0.269 e. The van der Waals surface area contributed by atoms with Gasteiger partial charge in [0, 0.05) is 38.3 Å². The minimum Gasteiger partial charge on any atom is -0.492 e. The van der Waals surface area contributed by atoms with Gasteiger partial charge in [-0.15, -0.1) is 0 Å². The molecular weight excluding hydrogens is 274 g/mol. The van der Waals surface area contributed by atoms with Crippen LogP contribution < -0.4 is 10.1 Å². The summed E-state index contributed by atoms with van der Waals surface area (Å²) in [6.45, 7) is 4.73. The van der Waals surface area contributed by atoms with E-state index in [1.807, 2.05) is 0 Å². The molecule has 0 amide bonds. The minimum atomic E-state index is -0.424. The highest BCUT2D eigenvalue weighted by atomic mass is 16.6. The van der Waals surface area contributed by atoms with Gasteiger partial charge in [-0.2, -0.15) is 0 Å². The van der Waals surface area contributed by atoms with Crippen LogP contribution in [0.2, 0.25) is 0 Å². The zero-order valence-corrected chi connectivity index (χ0v) is 12.2. The van der Waals surface area contributed by atoms with Crippen molar-refractivity contribution in [1.29, 1.82) is 0 Å². The Hall–Kier alpha value is -1.70. The molecule has 1 atom stereocenters. The number of ether oxygens (including phenoxy) is 2. The van der Waals surface area contributed by atoms with Crippen LogP contribution in [0.25, 0.3) is 0 Å². The van der Waals surface area contributed by atoms with Crippen molar-refractivity contribution in [3.8, 4) is 5.75 Å². The van der Waals surface area contributed by atoms with Crippen molar-refractivity contribution in [2.24, 2.45) is 0 Å². The molecule has 1 saturated heterocycles. The molecule has 1 fully saturated rings. The van der Waals surface area contributed by atoms with Gasteiger partial charge in [0.1, 0.15) is 12.4 Å². The van der Waals surface area contributed by atoms with Crippen LogP contribution in [0.1, 0.15) is 0 Å². The topological polar surface area (TPSA) is 76.9 Å². The fourth-order valence-electron chi connectivity index (χ4n) is 2.16. The number of benzene rings is 1. The van der Waals surface area contributed by atoms with Crippen LogP contribution in [0.15, 0.2) is 24.3 Å². The van der Waals surface area contributed by atoms with E-state index in [4.69, 9.17) is 9.47 Å². The van der Waals surface area contributed by atoms with Crippen molar-refractivity contribution < 1.29 is 14.4 Å². The van der Waals surface area contributed by atoms with Crippen molar-refractivity contribution in [3.05, 3.63) is 34.4 Å². The Morgan fingerprint density at radius 3 is 2.90 bits per heavy atom. The van der Waals surface area contributed by atoms with Crippen molar-refractivity contribution >= 4 is 5.69 Å². The second-order valence-corrected chi connectivity index (χ2v) is 5.06. The molecule has 1 aromatic carbocycles. The first-order valence-corrected chi connectivity index (χ1v) is 7.03. The molecule has 1 N–H and O–H groups in total. The van der Waals surface area contributed by atoms with E-state index in [2.05, 4.69) is 17.3 Å². The number of hydrogen-bond donors (Lipinski definition) is 1. The molecule has 0 saturated carbocycles. The van der Waals surface area contributed by atoms with E-state index in [0.29, 0.717) is 18.9 Å². The van der Waals surface area contributed by atoms with Gasteiger partial charge in [-0.1, -0.05) is 0 Å². The molecule has 0 radical (unpaired) electrons. The van der Waals surface area contributed by atoms with Crippen LogP contribution in [0.3, 0.4) is 0 Å². The summed E-state index contributed by atoms with van der Waals surface area (Å²) < 4.78 is 11.2. The molecule has 1 aromatic rings. The lowest BCUT2D eigenvalue weighted by molar-refractivity contribution is -0.384. The summed E-state index contributed by atoms with van der Waals surface area (Å²) in [4.78, 5) is 12.4. The molecule has 1 aliphatic heterocycles. The standard InChI is InChI=1S/C14H21N3O4/c1-16-7-9-21-14(11-16)10-15-6-8-20-13-4-2-12(3-5-13)17(18)19/h2-5,14-15H,6-11H2,1H3. The molecule has 0 spiro atoms. The molecule has 0 aliphatic carbocycles. The average molecular weight is 295 g/mol. The Morgan fingerprint density at radius 2 is 2.24 bits per heavy atom.